The number of likely N-dealkylation sites (N-methyl/N-ethyl adjacent to an activating group) is 2. The van der Waals surface area contributed by atoms with Gasteiger partial charge in [-0.15, -0.1) is 0 Å². The highest BCUT2D eigenvalue weighted by Gasteiger charge is 2.47. The van der Waals surface area contributed by atoms with E-state index >= 15 is 0 Å². The molecule has 6 rings (SSSR count). The summed E-state index contributed by atoms with van der Waals surface area (Å²) in [5.41, 5.74) is 4.76. The number of allylic oxidation sites excluding steroid dienone is 2. The fourth-order valence-corrected chi connectivity index (χ4v) is 5.30. The number of carbonyl (C=O) groups excluding carboxylic acids is 2. The lowest BCUT2D eigenvalue weighted by atomic mass is 9.92. The Hall–Kier alpha value is -4.56. The number of hydrazine groups is 1. The van der Waals surface area contributed by atoms with E-state index in [-0.39, 0.29) is 23.7 Å². The average molecular weight is 522 g/mol. The van der Waals surface area contributed by atoms with Crippen LogP contribution in [0, 0.1) is 5.82 Å². The Bertz CT molecular complexity index is 1540. The summed E-state index contributed by atoms with van der Waals surface area (Å²) in [4.78, 5) is 30.8. The van der Waals surface area contributed by atoms with Crippen molar-refractivity contribution < 1.29 is 14.0 Å². The quantitative estimate of drug-likeness (QED) is 0.505. The lowest BCUT2D eigenvalue weighted by molar-refractivity contribution is -0.117. The summed E-state index contributed by atoms with van der Waals surface area (Å²) in [6.07, 6.45) is 9.50. The zero-order valence-electron chi connectivity index (χ0n) is 21.7. The lowest BCUT2D eigenvalue weighted by Gasteiger charge is -2.31. The third-order valence-electron chi connectivity index (χ3n) is 7.52. The van der Waals surface area contributed by atoms with Crippen molar-refractivity contribution in [1.29, 1.82) is 0 Å². The molecule has 1 aromatic heterocycles. The molecule has 2 aliphatic carbocycles. The van der Waals surface area contributed by atoms with Crippen molar-refractivity contribution in [3.8, 4) is 0 Å². The topological polar surface area (TPSA) is 77.6 Å². The molecule has 1 atom stereocenters. The Labute approximate surface area is 226 Å². The van der Waals surface area contributed by atoms with Crippen molar-refractivity contribution in [3.63, 3.8) is 0 Å². The number of nitrogens with zero attached hydrogens (tertiary/aromatic N) is 3. The van der Waals surface area contributed by atoms with Crippen LogP contribution in [0.1, 0.15) is 34.5 Å². The van der Waals surface area contributed by atoms with Crippen LogP contribution >= 0.6 is 0 Å². The fraction of sp³-hybridized carbons (Fsp3) is 0.194. The van der Waals surface area contributed by atoms with Crippen LogP contribution in [0.3, 0.4) is 0 Å². The zero-order valence-corrected chi connectivity index (χ0v) is 21.7. The van der Waals surface area contributed by atoms with E-state index < -0.39 is 5.54 Å². The monoisotopic (exact) mass is 521 g/mol. The Morgan fingerprint density at radius 3 is 2.51 bits per heavy atom. The van der Waals surface area contributed by atoms with Crippen LogP contribution < -0.4 is 15.6 Å². The average Bonchev–Trinajstić information content (AvgIpc) is 3.70. The van der Waals surface area contributed by atoms with Gasteiger partial charge in [0.15, 0.2) is 0 Å². The second kappa shape index (κ2) is 9.63. The maximum Gasteiger partial charge on any atom is 0.269 e. The molecule has 1 unspecified atom stereocenters. The first kappa shape index (κ1) is 24.8. The van der Waals surface area contributed by atoms with E-state index in [1.54, 1.807) is 36.5 Å². The summed E-state index contributed by atoms with van der Waals surface area (Å²) in [6.45, 7) is 0. The van der Waals surface area contributed by atoms with Crippen LogP contribution in [0.15, 0.2) is 102 Å². The van der Waals surface area contributed by atoms with Gasteiger partial charge in [0, 0.05) is 31.4 Å². The highest BCUT2D eigenvalue weighted by molar-refractivity contribution is 6.01. The number of hydrogen-bond acceptors (Lipinski definition) is 5. The first-order chi connectivity index (χ1) is 18.9. The minimum atomic E-state index is -0.406. The molecular formula is C31H28FN5O2. The van der Waals surface area contributed by atoms with E-state index in [1.807, 2.05) is 66.7 Å². The van der Waals surface area contributed by atoms with Gasteiger partial charge in [-0.25, -0.2) is 9.40 Å². The molecule has 0 radical (unpaired) electrons. The molecule has 1 saturated carbocycles. The lowest BCUT2D eigenvalue weighted by Crippen LogP contribution is -2.41. The molecule has 2 aromatic carbocycles. The van der Waals surface area contributed by atoms with Gasteiger partial charge in [0.1, 0.15) is 11.5 Å². The fourth-order valence-electron chi connectivity index (χ4n) is 5.30. The largest absolute Gasteiger partial charge is 0.354 e. The molecule has 1 aliphatic heterocycles. The van der Waals surface area contributed by atoms with Gasteiger partial charge in [-0.1, -0.05) is 30.4 Å². The molecule has 196 valence electrons. The zero-order chi connectivity index (χ0) is 27.1. The van der Waals surface area contributed by atoms with Gasteiger partial charge in [0.25, 0.3) is 11.8 Å². The van der Waals surface area contributed by atoms with Gasteiger partial charge < -0.3 is 10.6 Å². The molecule has 2 N–H and O–H groups in total. The highest BCUT2D eigenvalue weighted by Crippen LogP contribution is 2.45. The normalized spacial score (nSPS) is 19.4. The number of rotatable bonds is 6. The summed E-state index contributed by atoms with van der Waals surface area (Å²) in [6, 6.07) is 19.1. The highest BCUT2D eigenvalue weighted by atomic mass is 19.1. The summed E-state index contributed by atoms with van der Waals surface area (Å²) in [7, 11) is 3.49. The van der Waals surface area contributed by atoms with Gasteiger partial charge >= 0.3 is 0 Å². The van der Waals surface area contributed by atoms with Gasteiger partial charge in [-0.3, -0.25) is 19.6 Å². The molecule has 1 fully saturated rings. The summed E-state index contributed by atoms with van der Waals surface area (Å²) in [5.74, 6) is -0.732. The number of amides is 2. The maximum atomic E-state index is 13.6. The van der Waals surface area contributed by atoms with Crippen molar-refractivity contribution in [3.05, 3.63) is 125 Å². The number of nitrogens with one attached hydrogen (secondary N) is 2. The van der Waals surface area contributed by atoms with E-state index in [2.05, 4.69) is 15.6 Å². The predicted molar refractivity (Wildman–Crippen MR) is 148 cm³/mol. The number of pyridine rings is 1. The number of carbonyl (C=O) groups is 2. The molecule has 0 spiro atoms. The Morgan fingerprint density at radius 2 is 1.82 bits per heavy atom. The van der Waals surface area contributed by atoms with E-state index in [1.165, 1.54) is 12.1 Å². The van der Waals surface area contributed by atoms with Crippen LogP contribution in [-0.2, 0) is 10.3 Å². The molecule has 3 aromatic rings. The van der Waals surface area contributed by atoms with Crippen LogP contribution in [0.2, 0.25) is 0 Å². The molecule has 2 amide bonds. The van der Waals surface area contributed by atoms with Crippen molar-refractivity contribution >= 4 is 23.1 Å². The Balaban J connectivity index is 1.32. The van der Waals surface area contributed by atoms with Crippen LogP contribution in [0.5, 0.6) is 0 Å². The van der Waals surface area contributed by atoms with Gasteiger partial charge in [-0.2, -0.15) is 0 Å². The number of hydrogen-bond donors (Lipinski definition) is 2. The predicted octanol–water partition coefficient (Wildman–Crippen LogP) is 4.33. The van der Waals surface area contributed by atoms with Crippen LogP contribution in [0.4, 0.5) is 10.1 Å². The minimum Gasteiger partial charge on any atom is -0.354 e. The summed E-state index contributed by atoms with van der Waals surface area (Å²) >= 11 is 0. The van der Waals surface area contributed by atoms with E-state index in [4.69, 9.17) is 0 Å². The maximum absolute atomic E-state index is 13.6. The van der Waals surface area contributed by atoms with E-state index in [0.717, 1.165) is 35.2 Å². The van der Waals surface area contributed by atoms with Gasteiger partial charge in [-0.05, 0) is 78.6 Å². The summed E-state index contributed by atoms with van der Waals surface area (Å²) < 4.78 is 13.6. The minimum absolute atomic E-state index is 0.147. The number of aromatic nitrogens is 1. The number of benzene rings is 2. The standard InChI is InChI=1S/C31H28FN5O2/c1-33-30(39)28-25-19-21(9-14-26(25)36(2)37(28)24-12-10-23(32)11-13-24)20-6-5-7-22(18-20)29(38)35-31(15-16-31)27-8-3-4-17-34-27/h3-14,17-19,26H,15-16H2,1-2H3,(H,33,39)(H,35,38). The molecular weight excluding hydrogens is 493 g/mol. The first-order valence-corrected chi connectivity index (χ1v) is 12.9. The SMILES string of the molecule is CNC(=O)C1=C2C=C(c3cccc(C(=O)NC4(c5ccccn5)CC4)c3)C=CC2N(C)N1c1ccc(F)cc1. The molecule has 3 aliphatic rings. The first-order valence-electron chi connectivity index (χ1n) is 12.9. The van der Waals surface area contributed by atoms with Gasteiger partial charge in [0.2, 0.25) is 0 Å². The second-order valence-electron chi connectivity index (χ2n) is 9.98. The smallest absolute Gasteiger partial charge is 0.269 e. The van der Waals surface area contributed by atoms with Crippen molar-refractivity contribution in [1.82, 2.24) is 20.6 Å². The molecule has 7 nitrogen and oxygen atoms in total. The Morgan fingerprint density at radius 1 is 1.03 bits per heavy atom. The van der Waals surface area contributed by atoms with Crippen LogP contribution in [0.25, 0.3) is 5.57 Å². The van der Waals surface area contributed by atoms with Crippen molar-refractivity contribution in [2.45, 2.75) is 24.4 Å². The van der Waals surface area contributed by atoms with Gasteiger partial charge in [0.05, 0.1) is 23.0 Å². The Kier molecular flexibility index (Phi) is 6.12. The van der Waals surface area contributed by atoms with Crippen LogP contribution in [-0.4, -0.2) is 41.9 Å². The number of anilines is 1. The molecule has 8 heteroatoms. The third kappa shape index (κ3) is 4.42. The molecule has 39 heavy (non-hydrogen) atoms. The van der Waals surface area contributed by atoms with E-state index in [9.17, 15) is 14.0 Å². The number of halogens is 1. The third-order valence-corrected chi connectivity index (χ3v) is 7.52. The number of fused-ring (bicyclic) bond motifs is 1. The molecule has 0 saturated heterocycles. The molecule has 0 bridgehead atoms. The van der Waals surface area contributed by atoms with Crippen molar-refractivity contribution in [2.75, 3.05) is 19.1 Å². The van der Waals surface area contributed by atoms with Crippen molar-refractivity contribution in [2.24, 2.45) is 0 Å². The molecule has 2 heterocycles. The second-order valence-corrected chi connectivity index (χ2v) is 9.98. The van der Waals surface area contributed by atoms with E-state index in [0.29, 0.717) is 16.9 Å². The summed E-state index contributed by atoms with van der Waals surface area (Å²) in [5, 5.41) is 9.69.